The Hall–Kier alpha value is -1.50. The van der Waals surface area contributed by atoms with Gasteiger partial charge in [0.05, 0.1) is 15.7 Å². The highest BCUT2D eigenvalue weighted by molar-refractivity contribution is 7.92. The van der Waals surface area contributed by atoms with Gasteiger partial charge in [-0.2, -0.15) is 0 Å². The Balaban J connectivity index is 2.46. The lowest BCUT2D eigenvalue weighted by Gasteiger charge is -2.11. The van der Waals surface area contributed by atoms with Crippen molar-refractivity contribution < 1.29 is 12.8 Å². The molecule has 0 aliphatic rings. The standard InChI is InChI=1S/C12H9Cl2FN2O2S/c13-9-4-2-8(16)6-11(9)17-20(18,19)12-5-7(15)1-3-10(12)14/h1-6,17H,16H2. The summed E-state index contributed by atoms with van der Waals surface area (Å²) in [5, 5.41) is 0.0641. The van der Waals surface area contributed by atoms with Crippen molar-refractivity contribution in [1.29, 1.82) is 0 Å². The molecule has 0 saturated carbocycles. The van der Waals surface area contributed by atoms with Crippen LogP contribution in [0, 0.1) is 5.82 Å². The van der Waals surface area contributed by atoms with E-state index in [1.807, 2.05) is 0 Å². The minimum Gasteiger partial charge on any atom is -0.399 e. The summed E-state index contributed by atoms with van der Waals surface area (Å²) in [6, 6.07) is 7.37. The first kappa shape index (κ1) is 14.9. The van der Waals surface area contributed by atoms with Crippen LogP contribution in [-0.4, -0.2) is 8.42 Å². The van der Waals surface area contributed by atoms with Crippen molar-refractivity contribution in [2.45, 2.75) is 4.90 Å². The minimum atomic E-state index is -4.07. The summed E-state index contributed by atoms with van der Waals surface area (Å²) in [5.74, 6) is -0.714. The fraction of sp³-hybridized carbons (Fsp3) is 0. The van der Waals surface area contributed by atoms with Crippen LogP contribution in [0.3, 0.4) is 0 Å². The molecule has 0 spiro atoms. The third kappa shape index (κ3) is 3.15. The van der Waals surface area contributed by atoms with Gasteiger partial charge < -0.3 is 5.73 Å². The van der Waals surface area contributed by atoms with Crippen LogP contribution in [-0.2, 0) is 10.0 Å². The predicted molar refractivity (Wildman–Crippen MR) is 78.1 cm³/mol. The molecule has 4 nitrogen and oxygen atoms in total. The monoisotopic (exact) mass is 334 g/mol. The molecule has 2 rings (SSSR count). The second-order valence-electron chi connectivity index (χ2n) is 3.92. The number of nitrogens with two attached hydrogens (primary N) is 1. The topological polar surface area (TPSA) is 72.2 Å². The van der Waals surface area contributed by atoms with Crippen molar-refractivity contribution >= 4 is 44.6 Å². The number of sulfonamides is 1. The van der Waals surface area contributed by atoms with E-state index in [1.54, 1.807) is 0 Å². The number of nitrogens with one attached hydrogen (secondary N) is 1. The number of benzene rings is 2. The summed E-state index contributed by atoms with van der Waals surface area (Å²) in [5.41, 5.74) is 5.98. The molecule has 2 aromatic carbocycles. The van der Waals surface area contributed by atoms with Gasteiger partial charge >= 0.3 is 0 Å². The lowest BCUT2D eigenvalue weighted by Crippen LogP contribution is -2.14. The van der Waals surface area contributed by atoms with Gasteiger partial charge in [-0.3, -0.25) is 4.72 Å². The largest absolute Gasteiger partial charge is 0.399 e. The highest BCUT2D eigenvalue weighted by atomic mass is 35.5. The van der Waals surface area contributed by atoms with Crippen LogP contribution >= 0.6 is 23.2 Å². The first-order valence-corrected chi connectivity index (χ1v) is 7.56. The molecule has 0 atom stereocenters. The number of anilines is 2. The zero-order chi connectivity index (χ0) is 14.9. The van der Waals surface area contributed by atoms with E-state index in [2.05, 4.69) is 4.72 Å². The first-order chi connectivity index (χ1) is 9.29. The van der Waals surface area contributed by atoms with E-state index in [4.69, 9.17) is 28.9 Å². The van der Waals surface area contributed by atoms with Gasteiger partial charge in [-0.05, 0) is 36.4 Å². The Morgan fingerprint density at radius 3 is 2.40 bits per heavy atom. The molecular weight excluding hydrogens is 326 g/mol. The smallest absolute Gasteiger partial charge is 0.263 e. The summed E-state index contributed by atoms with van der Waals surface area (Å²) in [7, 11) is -4.07. The van der Waals surface area contributed by atoms with Gasteiger partial charge in [0.25, 0.3) is 10.0 Å². The number of hydrogen-bond donors (Lipinski definition) is 2. The summed E-state index contributed by atoms with van der Waals surface area (Å²) in [6.45, 7) is 0. The first-order valence-electron chi connectivity index (χ1n) is 5.32. The average molecular weight is 335 g/mol. The molecule has 3 N–H and O–H groups in total. The van der Waals surface area contributed by atoms with Crippen molar-refractivity contribution in [3.8, 4) is 0 Å². The molecule has 8 heteroatoms. The van der Waals surface area contributed by atoms with Crippen LogP contribution in [0.1, 0.15) is 0 Å². The molecule has 2 aromatic rings. The third-order valence-electron chi connectivity index (χ3n) is 2.42. The normalized spacial score (nSPS) is 11.3. The second kappa shape index (κ2) is 5.47. The number of halogens is 3. The van der Waals surface area contributed by atoms with Crippen LogP contribution < -0.4 is 10.5 Å². The van der Waals surface area contributed by atoms with Gasteiger partial charge in [0.15, 0.2) is 0 Å². The predicted octanol–water partition coefficient (Wildman–Crippen LogP) is 3.52. The molecule has 0 unspecified atom stereocenters. The average Bonchev–Trinajstić information content (AvgIpc) is 2.36. The van der Waals surface area contributed by atoms with Crippen molar-refractivity contribution in [2.75, 3.05) is 10.5 Å². The Labute approximate surface area is 125 Å². The van der Waals surface area contributed by atoms with E-state index in [0.29, 0.717) is 5.69 Å². The van der Waals surface area contributed by atoms with Gasteiger partial charge in [-0.25, -0.2) is 12.8 Å². The molecule has 0 aliphatic carbocycles. The molecule has 0 bridgehead atoms. The van der Waals surface area contributed by atoms with Gasteiger partial charge in [-0.1, -0.05) is 23.2 Å². The summed E-state index contributed by atoms with van der Waals surface area (Å²) >= 11 is 11.6. The molecule has 0 radical (unpaired) electrons. The molecular formula is C12H9Cl2FN2O2S. The number of hydrogen-bond acceptors (Lipinski definition) is 3. The molecule has 106 valence electrons. The van der Waals surface area contributed by atoms with E-state index in [-0.39, 0.29) is 20.6 Å². The van der Waals surface area contributed by atoms with Crippen molar-refractivity contribution in [3.05, 3.63) is 52.3 Å². The zero-order valence-electron chi connectivity index (χ0n) is 9.90. The van der Waals surface area contributed by atoms with E-state index in [9.17, 15) is 12.8 Å². The Bertz CT molecular complexity index is 766. The van der Waals surface area contributed by atoms with Crippen molar-refractivity contribution in [1.82, 2.24) is 0 Å². The third-order valence-corrected chi connectivity index (χ3v) is 4.59. The van der Waals surface area contributed by atoms with Crippen LogP contribution in [0.2, 0.25) is 10.0 Å². The molecule has 0 saturated heterocycles. The molecule has 0 aliphatic heterocycles. The summed E-state index contributed by atoms with van der Waals surface area (Å²) in [4.78, 5) is -0.377. The molecule has 0 amide bonds. The van der Waals surface area contributed by atoms with E-state index >= 15 is 0 Å². The molecule has 0 heterocycles. The fourth-order valence-corrected chi connectivity index (χ4v) is 3.31. The molecule has 20 heavy (non-hydrogen) atoms. The number of rotatable bonds is 3. The van der Waals surface area contributed by atoms with E-state index in [0.717, 1.165) is 18.2 Å². The van der Waals surface area contributed by atoms with E-state index < -0.39 is 15.8 Å². The second-order valence-corrected chi connectivity index (χ2v) is 6.38. The Kier molecular flexibility index (Phi) is 4.08. The van der Waals surface area contributed by atoms with E-state index in [1.165, 1.54) is 18.2 Å². The van der Waals surface area contributed by atoms with Crippen LogP contribution in [0.5, 0.6) is 0 Å². The fourth-order valence-electron chi connectivity index (χ4n) is 1.50. The maximum Gasteiger partial charge on any atom is 0.263 e. The maximum atomic E-state index is 13.2. The van der Waals surface area contributed by atoms with Crippen LogP contribution in [0.25, 0.3) is 0 Å². The highest BCUT2D eigenvalue weighted by Gasteiger charge is 2.20. The van der Waals surface area contributed by atoms with Gasteiger partial charge in [0, 0.05) is 5.69 Å². The van der Waals surface area contributed by atoms with Crippen LogP contribution in [0.4, 0.5) is 15.8 Å². The lowest BCUT2D eigenvalue weighted by atomic mass is 10.3. The Morgan fingerprint density at radius 2 is 1.70 bits per heavy atom. The summed E-state index contributed by atoms with van der Waals surface area (Å²) < 4.78 is 39.7. The Morgan fingerprint density at radius 1 is 1.05 bits per heavy atom. The SMILES string of the molecule is Nc1ccc(Cl)c(NS(=O)(=O)c2cc(F)ccc2Cl)c1. The van der Waals surface area contributed by atoms with Gasteiger partial charge in [0.1, 0.15) is 10.7 Å². The van der Waals surface area contributed by atoms with Crippen molar-refractivity contribution in [3.63, 3.8) is 0 Å². The highest BCUT2D eigenvalue weighted by Crippen LogP contribution is 2.29. The molecule has 0 fully saturated rings. The minimum absolute atomic E-state index is 0.0898. The van der Waals surface area contributed by atoms with Crippen LogP contribution in [0.15, 0.2) is 41.3 Å². The zero-order valence-corrected chi connectivity index (χ0v) is 12.2. The maximum absolute atomic E-state index is 13.2. The van der Waals surface area contributed by atoms with Crippen molar-refractivity contribution in [2.24, 2.45) is 0 Å². The van der Waals surface area contributed by atoms with Gasteiger partial charge in [-0.15, -0.1) is 0 Å². The molecule has 0 aromatic heterocycles. The summed E-state index contributed by atoms with van der Waals surface area (Å²) in [6.07, 6.45) is 0. The van der Waals surface area contributed by atoms with Gasteiger partial charge in [0.2, 0.25) is 0 Å². The number of nitrogen functional groups attached to an aromatic ring is 1. The quantitative estimate of drug-likeness (QED) is 0.843. The lowest BCUT2D eigenvalue weighted by molar-refractivity contribution is 0.595.